The third-order valence-corrected chi connectivity index (χ3v) is 19.9. The molecule has 27 heteroatoms. The van der Waals surface area contributed by atoms with E-state index in [-0.39, 0.29) is 46.2 Å². The molecule has 1 saturated carbocycles. The molecule has 8 N–H and O–H groups in total. The molecule has 0 aliphatic heterocycles. The Hall–Kier alpha value is -11.6. The molecule has 1 aliphatic carbocycles. The fourth-order valence-corrected chi connectivity index (χ4v) is 12.6. The average molecular weight is 1780 g/mol. The third-order valence-electron chi connectivity index (χ3n) is 19.9. The summed E-state index contributed by atoms with van der Waals surface area (Å²) in [5, 5.41) is 65.1. The number of carbonyl (C=O) groups is 2. The Bertz CT molecular complexity index is 4580. The number of nitrogens with two attached hydrogens (primary N) is 2. The fourth-order valence-electron chi connectivity index (χ4n) is 12.6. The number of carboxylic acid groups (broad SMARTS) is 2. The van der Waals surface area contributed by atoms with E-state index >= 15 is 0 Å². The van der Waals surface area contributed by atoms with E-state index in [1.807, 2.05) is 141 Å². The molecule has 0 amide bonds. The molecule has 10 rings (SSSR count). The van der Waals surface area contributed by atoms with Gasteiger partial charge in [0.2, 0.25) is 0 Å². The zero-order chi connectivity index (χ0) is 85.5. The number of likely N-dealkylation sites (N-methyl/N-ethyl adjacent to an activating group) is 1. The first-order valence-corrected chi connectivity index (χ1v) is 38.5. The van der Waals surface area contributed by atoms with Crippen LogP contribution in [0, 0.1) is 59.1 Å². The SMILES string of the molecule is CC.CC/C(=C(\c1ccccc1)c1ccc(OCCN(C)C)cc1)c1ccccc1.O=C(O)C1(C(=O)O)CCC1.[C-]#[N+]C(C)(C)c1cc(Cn2cncn2)c(CNC)c(C(C)(C)C#N)c1.[C-]#[N+]C(C)(C)c1cc(Cn2cncn2)c(COC)c(C(C)(C)C#N)c1.[C-]#[N+]C(C)(C)c1cc(Cn2cncn2)c(NCC)c(C(C)(C)C#N)c1.[NH2-].[NH2-].[Pt+2]. The first kappa shape index (κ1) is 103. The van der Waals surface area contributed by atoms with Gasteiger partial charge in [0.1, 0.15) is 50.3 Å². The molecular weight excluding hydrogens is 1660 g/mol. The molecule has 6 aromatic carbocycles. The molecule has 628 valence electrons. The van der Waals surface area contributed by atoms with Crippen molar-refractivity contribution in [1.29, 1.82) is 15.8 Å². The average Bonchev–Trinajstić information content (AvgIpc) is 1.10. The second-order valence-corrected chi connectivity index (χ2v) is 31.0. The molecule has 1 fully saturated rings. The Kier molecular flexibility index (Phi) is 40.8. The summed E-state index contributed by atoms with van der Waals surface area (Å²) in [5.74, 6) is -1.49. The van der Waals surface area contributed by atoms with Crippen molar-refractivity contribution in [3.8, 4) is 24.0 Å². The second-order valence-electron chi connectivity index (χ2n) is 31.0. The van der Waals surface area contributed by atoms with E-state index in [4.69, 9.17) is 39.4 Å². The summed E-state index contributed by atoms with van der Waals surface area (Å²) < 4.78 is 16.5. The van der Waals surface area contributed by atoms with E-state index in [0.29, 0.717) is 45.8 Å². The van der Waals surface area contributed by atoms with E-state index in [9.17, 15) is 25.4 Å². The molecule has 26 nitrogen and oxygen atoms in total. The van der Waals surface area contributed by atoms with Crippen molar-refractivity contribution in [2.24, 2.45) is 5.41 Å². The zero-order valence-corrected chi connectivity index (χ0v) is 74.4. The topological polar surface area (TPSA) is 364 Å². The van der Waals surface area contributed by atoms with Gasteiger partial charge in [-0.3, -0.25) is 9.59 Å². The monoisotopic (exact) mass is 1780 g/mol. The number of nitrogens with one attached hydrogen (secondary N) is 2. The van der Waals surface area contributed by atoms with Gasteiger partial charge in [-0.2, -0.15) is 31.1 Å². The van der Waals surface area contributed by atoms with Gasteiger partial charge in [0.25, 0.3) is 16.6 Å². The van der Waals surface area contributed by atoms with Gasteiger partial charge in [-0.1, -0.05) is 93.6 Å². The van der Waals surface area contributed by atoms with Crippen molar-refractivity contribution >= 4 is 28.8 Å². The maximum absolute atomic E-state index is 10.4. The molecular formula is C91H118N20O6Pt. The number of carboxylic acids is 2. The van der Waals surface area contributed by atoms with E-state index in [1.54, 1.807) is 40.1 Å². The molecule has 0 bridgehead atoms. The van der Waals surface area contributed by atoms with Gasteiger partial charge in [-0.05, 0) is 216 Å². The minimum absolute atomic E-state index is 0. The largest absolute Gasteiger partial charge is 2.00 e. The number of hydrogen-bond donors (Lipinski definition) is 4. The van der Waals surface area contributed by atoms with Crippen LogP contribution < -0.4 is 15.4 Å². The van der Waals surface area contributed by atoms with Gasteiger partial charge < -0.3 is 62.1 Å². The van der Waals surface area contributed by atoms with E-state index in [1.165, 1.54) is 46.8 Å². The van der Waals surface area contributed by atoms with Crippen LogP contribution in [0.3, 0.4) is 0 Å². The van der Waals surface area contributed by atoms with Crippen LogP contribution in [0.25, 0.3) is 38.0 Å². The Labute approximate surface area is 713 Å². The predicted octanol–water partition coefficient (Wildman–Crippen LogP) is 18.9. The van der Waals surface area contributed by atoms with Gasteiger partial charge in [-0.15, -0.1) is 0 Å². The summed E-state index contributed by atoms with van der Waals surface area (Å²) in [4.78, 5) is 46.1. The number of ether oxygens (including phenoxy) is 2. The number of nitriles is 3. The van der Waals surface area contributed by atoms with Crippen molar-refractivity contribution in [3.63, 3.8) is 0 Å². The number of aliphatic carboxylic acids is 2. The van der Waals surface area contributed by atoms with Gasteiger partial charge in [-0.25, -0.2) is 48.7 Å². The quantitative estimate of drug-likeness (QED) is 0.0201. The molecule has 118 heavy (non-hydrogen) atoms. The van der Waals surface area contributed by atoms with Crippen LogP contribution in [-0.2, 0) is 101 Å². The Balaban J connectivity index is 0.000000505. The van der Waals surface area contributed by atoms with Gasteiger partial charge in [0.15, 0.2) is 5.41 Å². The van der Waals surface area contributed by atoms with Crippen molar-refractivity contribution in [2.45, 2.75) is 202 Å². The molecule has 0 saturated heterocycles. The molecule has 1 aliphatic rings. The summed E-state index contributed by atoms with van der Waals surface area (Å²) in [6.45, 7) is 58.5. The number of anilines is 1. The number of nitrogens with zero attached hydrogens (tertiary/aromatic N) is 16. The number of benzene rings is 6. The maximum Gasteiger partial charge on any atom is 2.00 e. The van der Waals surface area contributed by atoms with Crippen molar-refractivity contribution in [1.82, 2.24) is 54.5 Å². The minimum Gasteiger partial charge on any atom is -0.693 e. The fraction of sp³-hybridized carbons (Fsp3) is 0.429. The summed E-state index contributed by atoms with van der Waals surface area (Å²) in [5.41, 5.74) is 12.4. The second kappa shape index (κ2) is 47.0. The van der Waals surface area contributed by atoms with Crippen LogP contribution in [-0.4, -0.2) is 119 Å². The summed E-state index contributed by atoms with van der Waals surface area (Å²) in [6.07, 6.45) is 11.7. The number of hydrogen-bond acceptors (Lipinski definition) is 16. The van der Waals surface area contributed by atoms with Crippen molar-refractivity contribution in [3.05, 3.63) is 284 Å². The molecule has 0 unspecified atom stereocenters. The summed E-state index contributed by atoms with van der Waals surface area (Å²) >= 11 is 0. The maximum atomic E-state index is 10.4. The van der Waals surface area contributed by atoms with Gasteiger partial charge in [0, 0.05) is 90.7 Å². The number of methoxy groups -OCH3 is 1. The molecule has 0 radical (unpaired) electrons. The molecule has 9 aromatic rings. The van der Waals surface area contributed by atoms with Gasteiger partial charge >= 0.3 is 33.0 Å². The molecule has 0 spiro atoms. The first-order chi connectivity index (χ1) is 54.5. The first-order valence-electron chi connectivity index (χ1n) is 38.5. The normalized spacial score (nSPS) is 12.2. The zero-order valence-electron chi connectivity index (χ0n) is 72.2. The van der Waals surface area contributed by atoms with Crippen LogP contribution in [0.1, 0.15) is 214 Å². The van der Waals surface area contributed by atoms with Crippen LogP contribution in [0.15, 0.2) is 159 Å². The Morgan fingerprint density at radius 1 is 0.576 bits per heavy atom. The van der Waals surface area contributed by atoms with Gasteiger partial charge in [0.05, 0.1) is 60.7 Å². The Morgan fingerprint density at radius 3 is 1.30 bits per heavy atom. The van der Waals surface area contributed by atoms with E-state index < -0.39 is 50.2 Å². The Morgan fingerprint density at radius 2 is 0.958 bits per heavy atom. The van der Waals surface area contributed by atoms with Crippen molar-refractivity contribution in [2.75, 3.05) is 53.3 Å². The van der Waals surface area contributed by atoms with Crippen LogP contribution in [0.5, 0.6) is 5.75 Å². The molecule has 3 heterocycles. The number of rotatable bonds is 28. The van der Waals surface area contributed by atoms with E-state index in [2.05, 4.69) is 191 Å². The number of allylic oxidation sites excluding steroid dienone is 1. The van der Waals surface area contributed by atoms with Crippen molar-refractivity contribution < 1.29 is 50.3 Å². The molecule has 0 atom stereocenters. The predicted molar refractivity (Wildman–Crippen MR) is 462 cm³/mol. The summed E-state index contributed by atoms with van der Waals surface area (Å²) in [6, 6.07) is 49.1. The standard InChI is InChI=1S/C26H29NO.2C19H24N6.C19H23N5O.C6H8O4.C2H6.2H2N.Pt/c1-4-25(21-11-7-5-8-12-21)26(22-13-9-6-10-14-22)23-15-17-24(18-16-23)28-20-19-27(2)3;1-18(2,11-20)17-8-15(19(3,4)22-6)7-14(16(17)9-21-5)10-25-13-23-12-24-25;1-7-23-17-14(10-25-13-22-12-24-25)8-15(19(4,5)21-6)9-16(17)18(2,3)11-20;1-18(2,11-20)17-8-15(19(3,4)21-5)7-14(16(17)10-25-6)9-24-13-22-12-23-24;7-4(8)6(5(9)10)2-1-3-6;1-2;;;/h5-18H,4,19-20H2,1-3H3;7-8,12-13,21H,9-10H2,1-5H3;8-9,12-13,23H,7,10H2,1-5H3;7-8,12-13H,9-10H2,1-4,6H3;1-3H2,(H,7,8)(H,9,10);1-2H3;2*1H2;/q;;;;;;2*-1;+2/b26-25-;;;;;;;;. The number of aromatic nitrogens is 9. The van der Waals surface area contributed by atoms with Crippen LogP contribution in [0.4, 0.5) is 5.69 Å². The van der Waals surface area contributed by atoms with Crippen LogP contribution >= 0.6 is 0 Å². The minimum atomic E-state index is -1.44. The van der Waals surface area contributed by atoms with Crippen LogP contribution in [0.2, 0.25) is 0 Å². The smallest absolute Gasteiger partial charge is 0.693 e. The molecule has 3 aromatic heterocycles. The summed E-state index contributed by atoms with van der Waals surface area (Å²) in [7, 11) is 7.64. The van der Waals surface area contributed by atoms with E-state index in [0.717, 1.165) is 92.1 Å². The third kappa shape index (κ3) is 27.3.